The Bertz CT molecular complexity index is 1060. The first-order valence-electron chi connectivity index (χ1n) is 10.1. The van der Waals surface area contributed by atoms with Gasteiger partial charge in [-0.25, -0.2) is 9.97 Å². The van der Waals surface area contributed by atoms with Gasteiger partial charge in [-0.05, 0) is 62.6 Å². The summed E-state index contributed by atoms with van der Waals surface area (Å²) in [6.07, 6.45) is 6.12. The highest BCUT2D eigenvalue weighted by atomic mass is 35.5. The van der Waals surface area contributed by atoms with Crippen LogP contribution >= 0.6 is 24.0 Å². The van der Waals surface area contributed by atoms with Gasteiger partial charge in [-0.3, -0.25) is 4.79 Å². The Balaban J connectivity index is 0.00000256. The lowest BCUT2D eigenvalue weighted by Gasteiger charge is -2.23. The third-order valence-electron chi connectivity index (χ3n) is 5.44. The summed E-state index contributed by atoms with van der Waals surface area (Å²) >= 11 is 6.12. The smallest absolute Gasteiger partial charge is 0.257 e. The molecule has 1 aromatic carbocycles. The minimum Gasteiger partial charge on any atom is -0.354 e. The zero-order chi connectivity index (χ0) is 20.4. The molecule has 0 radical (unpaired) electrons. The fourth-order valence-electron chi connectivity index (χ4n) is 3.81. The number of nitrogens with zero attached hydrogens (tertiary/aromatic N) is 3. The Labute approximate surface area is 188 Å². The maximum absolute atomic E-state index is 13.4. The Kier molecular flexibility index (Phi) is 7.16. The molecular weight excluding hydrogens is 419 g/mol. The average Bonchev–Trinajstić information content (AvgIpc) is 2.99. The van der Waals surface area contributed by atoms with Crippen molar-refractivity contribution in [3.63, 3.8) is 0 Å². The number of aryl methyl sites for hydroxylation is 2. The largest absolute Gasteiger partial charge is 0.354 e. The van der Waals surface area contributed by atoms with Crippen molar-refractivity contribution in [2.75, 3.05) is 18.4 Å². The zero-order valence-corrected chi connectivity index (χ0v) is 18.8. The van der Waals surface area contributed by atoms with Gasteiger partial charge in [0.1, 0.15) is 0 Å². The van der Waals surface area contributed by atoms with Gasteiger partial charge < -0.3 is 10.2 Å². The van der Waals surface area contributed by atoms with E-state index in [-0.39, 0.29) is 18.3 Å². The third kappa shape index (κ3) is 4.68. The van der Waals surface area contributed by atoms with E-state index < -0.39 is 0 Å². The van der Waals surface area contributed by atoms with E-state index in [4.69, 9.17) is 11.6 Å². The van der Waals surface area contributed by atoms with E-state index in [1.807, 2.05) is 49.1 Å². The number of nitrogens with one attached hydrogen (secondary N) is 1. The number of halogens is 2. The molecule has 0 aliphatic carbocycles. The first-order valence-corrected chi connectivity index (χ1v) is 10.5. The maximum atomic E-state index is 13.4. The first-order chi connectivity index (χ1) is 14.0. The molecule has 2 aromatic heterocycles. The molecule has 0 atom stereocenters. The predicted molar refractivity (Wildman–Crippen MR) is 125 cm³/mol. The highest BCUT2D eigenvalue weighted by Gasteiger charge is 2.23. The second kappa shape index (κ2) is 9.63. The number of likely N-dealkylation sites (tertiary alicyclic amines) is 1. The van der Waals surface area contributed by atoms with Gasteiger partial charge in [0.2, 0.25) is 0 Å². The van der Waals surface area contributed by atoms with Gasteiger partial charge in [-0.15, -0.1) is 12.4 Å². The standard InChI is InChI=1S/C23H25ClN4O.ClH/c1-15-13-17(24)8-10-20(15)27-21-18-9-7-16(2)26-22(18)25-14-19(21)23(29)28-11-5-3-4-6-12-28;/h7-10,13-14H,3-6,11-12H2,1-2H3,(H,25,26,27);1H. The third-order valence-corrected chi connectivity index (χ3v) is 5.68. The summed E-state index contributed by atoms with van der Waals surface area (Å²) in [5.74, 6) is 0.0241. The number of fused-ring (bicyclic) bond motifs is 1. The number of benzene rings is 1. The fourth-order valence-corrected chi connectivity index (χ4v) is 4.04. The lowest BCUT2D eigenvalue weighted by Crippen LogP contribution is -2.32. The zero-order valence-electron chi connectivity index (χ0n) is 17.2. The van der Waals surface area contributed by atoms with Crippen LogP contribution in [0.25, 0.3) is 11.0 Å². The minimum absolute atomic E-state index is 0. The van der Waals surface area contributed by atoms with Gasteiger partial charge in [0.15, 0.2) is 5.65 Å². The Morgan fingerprint density at radius 2 is 1.80 bits per heavy atom. The van der Waals surface area contributed by atoms with Gasteiger partial charge >= 0.3 is 0 Å². The monoisotopic (exact) mass is 444 g/mol. The topological polar surface area (TPSA) is 58.1 Å². The summed E-state index contributed by atoms with van der Waals surface area (Å²) in [7, 11) is 0. The van der Waals surface area contributed by atoms with E-state index in [9.17, 15) is 4.79 Å². The van der Waals surface area contributed by atoms with Crippen molar-refractivity contribution in [2.45, 2.75) is 39.5 Å². The quantitative estimate of drug-likeness (QED) is 0.531. The molecule has 1 fully saturated rings. The summed E-state index contributed by atoms with van der Waals surface area (Å²) in [6.45, 7) is 5.52. The van der Waals surface area contributed by atoms with Crippen LogP contribution in [-0.4, -0.2) is 33.9 Å². The van der Waals surface area contributed by atoms with Crippen LogP contribution in [0.4, 0.5) is 11.4 Å². The second-order valence-electron chi connectivity index (χ2n) is 7.66. The van der Waals surface area contributed by atoms with Crippen LogP contribution < -0.4 is 5.32 Å². The van der Waals surface area contributed by atoms with E-state index in [0.717, 1.165) is 53.9 Å². The van der Waals surface area contributed by atoms with E-state index in [2.05, 4.69) is 15.3 Å². The number of amides is 1. The molecule has 1 saturated heterocycles. The van der Waals surface area contributed by atoms with Gasteiger partial charge in [0.05, 0.1) is 11.3 Å². The number of carbonyl (C=O) groups is 1. The van der Waals surface area contributed by atoms with Crippen LogP contribution in [0.1, 0.15) is 47.3 Å². The van der Waals surface area contributed by atoms with Gasteiger partial charge in [-0.1, -0.05) is 24.4 Å². The number of pyridine rings is 2. The van der Waals surface area contributed by atoms with Crippen LogP contribution in [0.3, 0.4) is 0 Å². The Morgan fingerprint density at radius 3 is 2.50 bits per heavy atom. The number of hydrogen-bond donors (Lipinski definition) is 1. The number of carbonyl (C=O) groups excluding carboxylic acids is 1. The summed E-state index contributed by atoms with van der Waals surface area (Å²) in [6, 6.07) is 9.62. The van der Waals surface area contributed by atoms with Crippen LogP contribution in [0, 0.1) is 13.8 Å². The molecule has 30 heavy (non-hydrogen) atoms. The molecule has 1 N–H and O–H groups in total. The lowest BCUT2D eigenvalue weighted by molar-refractivity contribution is 0.0762. The normalized spacial score (nSPS) is 14.2. The molecular formula is C23H26Cl2N4O. The van der Waals surface area contributed by atoms with E-state index in [1.54, 1.807) is 6.20 Å². The molecule has 7 heteroatoms. The van der Waals surface area contributed by atoms with Crippen molar-refractivity contribution in [1.82, 2.24) is 14.9 Å². The van der Waals surface area contributed by atoms with Crippen molar-refractivity contribution in [1.29, 1.82) is 0 Å². The number of anilines is 2. The van der Waals surface area contributed by atoms with Crippen molar-refractivity contribution in [2.24, 2.45) is 0 Å². The molecule has 3 aromatic rings. The van der Waals surface area contributed by atoms with Crippen LogP contribution in [0.15, 0.2) is 36.5 Å². The lowest BCUT2D eigenvalue weighted by atomic mass is 10.1. The molecule has 158 valence electrons. The summed E-state index contributed by atoms with van der Waals surface area (Å²) in [5.41, 5.74) is 4.78. The van der Waals surface area contributed by atoms with Gasteiger partial charge in [0, 0.05) is 41.1 Å². The molecule has 1 aliphatic heterocycles. The molecule has 1 aliphatic rings. The van der Waals surface area contributed by atoms with Crippen molar-refractivity contribution >= 4 is 52.3 Å². The maximum Gasteiger partial charge on any atom is 0.257 e. The van der Waals surface area contributed by atoms with Crippen LogP contribution in [0.2, 0.25) is 5.02 Å². The summed E-state index contributed by atoms with van der Waals surface area (Å²) < 4.78 is 0. The minimum atomic E-state index is 0. The van der Waals surface area contributed by atoms with E-state index in [0.29, 0.717) is 16.2 Å². The van der Waals surface area contributed by atoms with Crippen molar-refractivity contribution in [3.05, 3.63) is 58.4 Å². The second-order valence-corrected chi connectivity index (χ2v) is 8.10. The Hall–Kier alpha value is -2.37. The van der Waals surface area contributed by atoms with Gasteiger partial charge in [-0.2, -0.15) is 0 Å². The molecule has 1 amide bonds. The Morgan fingerprint density at radius 1 is 1.07 bits per heavy atom. The molecule has 0 bridgehead atoms. The summed E-state index contributed by atoms with van der Waals surface area (Å²) in [5, 5.41) is 5.00. The molecule has 0 saturated carbocycles. The van der Waals surface area contributed by atoms with Crippen LogP contribution in [-0.2, 0) is 0 Å². The fraction of sp³-hybridized carbons (Fsp3) is 0.348. The first kappa shape index (κ1) is 22.3. The number of hydrogen-bond acceptors (Lipinski definition) is 4. The molecule has 5 nitrogen and oxygen atoms in total. The summed E-state index contributed by atoms with van der Waals surface area (Å²) in [4.78, 5) is 24.4. The molecule has 4 rings (SSSR count). The van der Waals surface area contributed by atoms with Crippen LogP contribution in [0.5, 0.6) is 0 Å². The molecule has 0 spiro atoms. The SMILES string of the molecule is Cc1ccc2c(Nc3ccc(Cl)cc3C)c(C(=O)N3CCCCCC3)cnc2n1.Cl. The molecule has 0 unspecified atom stereocenters. The molecule has 3 heterocycles. The highest BCUT2D eigenvalue weighted by molar-refractivity contribution is 6.30. The average molecular weight is 445 g/mol. The number of rotatable bonds is 3. The van der Waals surface area contributed by atoms with E-state index >= 15 is 0 Å². The van der Waals surface area contributed by atoms with E-state index in [1.165, 1.54) is 12.8 Å². The number of aromatic nitrogens is 2. The highest BCUT2D eigenvalue weighted by Crippen LogP contribution is 2.32. The van der Waals surface area contributed by atoms with Gasteiger partial charge in [0.25, 0.3) is 5.91 Å². The van der Waals surface area contributed by atoms with Crippen molar-refractivity contribution < 1.29 is 4.79 Å². The van der Waals surface area contributed by atoms with Crippen molar-refractivity contribution in [3.8, 4) is 0 Å². The predicted octanol–water partition coefficient (Wildman–Crippen LogP) is 6.08.